The van der Waals surface area contributed by atoms with Gasteiger partial charge >= 0.3 is 5.97 Å². The number of fused-ring (bicyclic) bond motifs is 3. The molecule has 5 heteroatoms. The van der Waals surface area contributed by atoms with Gasteiger partial charge in [0.25, 0.3) is 0 Å². The third-order valence-corrected chi connectivity index (χ3v) is 7.74. The first-order valence-corrected chi connectivity index (χ1v) is 10.2. The van der Waals surface area contributed by atoms with Crippen molar-refractivity contribution < 1.29 is 15.0 Å². The van der Waals surface area contributed by atoms with Gasteiger partial charge in [-0.2, -0.15) is 0 Å². The number of thioether (sulfide) groups is 1. The second-order valence-electron chi connectivity index (χ2n) is 7.97. The zero-order chi connectivity index (χ0) is 18.0. The summed E-state index contributed by atoms with van der Waals surface area (Å²) in [5.74, 6) is -0.219. The van der Waals surface area contributed by atoms with Gasteiger partial charge in [-0.1, -0.05) is 25.1 Å². The van der Waals surface area contributed by atoms with Crippen LogP contribution in [0.25, 0.3) is 0 Å². The Hall–Kier alpha value is -1.04. The molecule has 25 heavy (non-hydrogen) atoms. The van der Waals surface area contributed by atoms with E-state index in [9.17, 15) is 15.0 Å². The Kier molecular flexibility index (Phi) is 5.76. The topological polar surface area (TPSA) is 83.5 Å². The highest BCUT2D eigenvalue weighted by molar-refractivity contribution is 7.99. The highest BCUT2D eigenvalue weighted by Gasteiger charge is 2.50. The van der Waals surface area contributed by atoms with Gasteiger partial charge in [-0.05, 0) is 61.5 Å². The summed E-state index contributed by atoms with van der Waals surface area (Å²) in [7, 11) is 0. The number of aliphatic hydroxyl groups is 1. The van der Waals surface area contributed by atoms with Crippen molar-refractivity contribution in [1.29, 1.82) is 0 Å². The van der Waals surface area contributed by atoms with Crippen LogP contribution in [0.1, 0.15) is 39.0 Å². The van der Waals surface area contributed by atoms with E-state index >= 15 is 0 Å². The third kappa shape index (κ3) is 3.88. The number of hydrogen-bond acceptors (Lipinski definition) is 4. The molecule has 2 bridgehead atoms. The number of rotatable bonds is 5. The van der Waals surface area contributed by atoms with Crippen LogP contribution in [0.15, 0.2) is 35.2 Å². The van der Waals surface area contributed by atoms with Crippen LogP contribution in [0.3, 0.4) is 0 Å². The molecule has 2 aliphatic rings. The molecule has 0 radical (unpaired) electrons. The van der Waals surface area contributed by atoms with Crippen molar-refractivity contribution >= 4 is 17.7 Å². The first-order chi connectivity index (χ1) is 11.9. The molecule has 2 aliphatic carbocycles. The third-order valence-electron chi connectivity index (χ3n) is 6.61. The Morgan fingerprint density at radius 3 is 2.72 bits per heavy atom. The van der Waals surface area contributed by atoms with E-state index in [1.54, 1.807) is 11.8 Å². The Balaban J connectivity index is 1.81. The molecule has 0 heterocycles. The van der Waals surface area contributed by atoms with E-state index in [1.807, 2.05) is 30.3 Å². The van der Waals surface area contributed by atoms with Crippen LogP contribution in [0.2, 0.25) is 0 Å². The largest absolute Gasteiger partial charge is 0.481 e. The molecule has 0 amide bonds. The average Bonchev–Trinajstić information content (AvgIpc) is 2.82. The number of aliphatic carboxylic acids is 1. The zero-order valence-corrected chi connectivity index (χ0v) is 15.6. The predicted molar refractivity (Wildman–Crippen MR) is 100 cm³/mol. The number of carboxylic acid groups (broad SMARTS) is 1. The molecule has 0 aliphatic heterocycles. The van der Waals surface area contributed by atoms with E-state index in [2.05, 4.69) is 6.92 Å². The summed E-state index contributed by atoms with van der Waals surface area (Å²) < 4.78 is 0. The quantitative estimate of drug-likeness (QED) is 0.699. The van der Waals surface area contributed by atoms with E-state index in [0.29, 0.717) is 12.2 Å². The molecular weight excluding hydrogens is 334 g/mol. The van der Waals surface area contributed by atoms with E-state index in [4.69, 9.17) is 5.73 Å². The summed E-state index contributed by atoms with van der Waals surface area (Å²) in [5.41, 5.74) is 6.27. The molecule has 0 spiro atoms. The molecular formula is C20H29NO3S. The number of hydrogen-bond donors (Lipinski definition) is 3. The van der Waals surface area contributed by atoms with Crippen molar-refractivity contribution in [3.8, 4) is 0 Å². The summed E-state index contributed by atoms with van der Waals surface area (Å²) >= 11 is 1.62. The number of aliphatic hydroxyl groups excluding tert-OH is 1. The van der Waals surface area contributed by atoms with Gasteiger partial charge in [-0.15, -0.1) is 11.8 Å². The van der Waals surface area contributed by atoms with Crippen molar-refractivity contribution in [2.75, 3.05) is 5.75 Å². The molecule has 6 atom stereocenters. The normalized spacial score (nSPS) is 36.4. The van der Waals surface area contributed by atoms with Gasteiger partial charge in [0.2, 0.25) is 0 Å². The molecule has 2 fully saturated rings. The van der Waals surface area contributed by atoms with Crippen molar-refractivity contribution in [3.63, 3.8) is 0 Å². The Bertz CT molecular complexity index is 596. The fraction of sp³-hybridized carbons (Fsp3) is 0.650. The van der Waals surface area contributed by atoms with Gasteiger partial charge in [-0.25, -0.2) is 0 Å². The maximum absolute atomic E-state index is 12.1. The fourth-order valence-electron chi connectivity index (χ4n) is 4.84. The van der Waals surface area contributed by atoms with Crippen LogP contribution < -0.4 is 5.73 Å². The van der Waals surface area contributed by atoms with Crippen LogP contribution in [0.4, 0.5) is 0 Å². The Morgan fingerprint density at radius 1 is 1.32 bits per heavy atom. The van der Waals surface area contributed by atoms with Gasteiger partial charge in [0.15, 0.2) is 0 Å². The Morgan fingerprint density at radius 2 is 2.04 bits per heavy atom. The second kappa shape index (κ2) is 7.68. The standard InChI is InChI=1S/C20H29NO3S/c1-20-10-9-13(17(22)11-18(20)21)7-8-16(20)15(19(23)24)12-25-14-5-3-2-4-6-14/h2-6,13,15-18,22H,7-12,21H2,1H3,(H,23,24). The lowest BCUT2D eigenvalue weighted by Gasteiger charge is -2.44. The first kappa shape index (κ1) is 18.7. The molecule has 4 nitrogen and oxygen atoms in total. The molecule has 6 unspecified atom stereocenters. The second-order valence-corrected chi connectivity index (χ2v) is 9.06. The van der Waals surface area contributed by atoms with Crippen LogP contribution in [-0.2, 0) is 4.79 Å². The number of carbonyl (C=O) groups is 1. The average molecular weight is 364 g/mol. The van der Waals surface area contributed by atoms with Crippen LogP contribution >= 0.6 is 11.8 Å². The van der Waals surface area contributed by atoms with Gasteiger partial charge in [0.05, 0.1) is 12.0 Å². The van der Waals surface area contributed by atoms with Gasteiger partial charge in [0, 0.05) is 16.7 Å². The summed E-state index contributed by atoms with van der Waals surface area (Å²) in [5, 5.41) is 20.3. The minimum absolute atomic E-state index is 0.0636. The minimum atomic E-state index is -0.716. The smallest absolute Gasteiger partial charge is 0.307 e. The molecule has 2 saturated carbocycles. The van der Waals surface area contributed by atoms with Crippen LogP contribution in [-0.4, -0.2) is 34.1 Å². The lowest BCUT2D eigenvalue weighted by atomic mass is 9.63. The van der Waals surface area contributed by atoms with Crippen molar-refractivity contribution in [2.24, 2.45) is 28.9 Å². The zero-order valence-electron chi connectivity index (χ0n) is 14.8. The number of nitrogens with two attached hydrogens (primary N) is 1. The van der Waals surface area contributed by atoms with E-state index in [1.165, 1.54) is 0 Å². The molecule has 4 N–H and O–H groups in total. The summed E-state index contributed by atoms with van der Waals surface area (Å²) in [6.07, 6.45) is 3.89. The summed E-state index contributed by atoms with van der Waals surface area (Å²) in [6, 6.07) is 9.84. The van der Waals surface area contributed by atoms with Crippen LogP contribution in [0, 0.1) is 23.2 Å². The lowest BCUT2D eigenvalue weighted by molar-refractivity contribution is -0.145. The number of carboxylic acids is 1. The molecule has 0 saturated heterocycles. The van der Waals surface area contributed by atoms with Crippen molar-refractivity contribution in [2.45, 2.75) is 56.1 Å². The molecule has 1 aromatic rings. The van der Waals surface area contributed by atoms with Gasteiger partial charge < -0.3 is 15.9 Å². The molecule has 3 rings (SSSR count). The van der Waals surface area contributed by atoms with Crippen molar-refractivity contribution in [3.05, 3.63) is 30.3 Å². The minimum Gasteiger partial charge on any atom is -0.481 e. The van der Waals surface area contributed by atoms with E-state index in [0.717, 1.165) is 30.6 Å². The van der Waals surface area contributed by atoms with Gasteiger partial charge in [-0.3, -0.25) is 4.79 Å². The maximum Gasteiger partial charge on any atom is 0.307 e. The first-order valence-electron chi connectivity index (χ1n) is 9.26. The van der Waals surface area contributed by atoms with Crippen LogP contribution in [0.5, 0.6) is 0 Å². The monoisotopic (exact) mass is 363 g/mol. The highest BCUT2D eigenvalue weighted by atomic mass is 32.2. The SMILES string of the molecule is CC12CCC(CCC1C(CSc1ccccc1)C(=O)O)C(O)CC2N. The fourth-order valence-corrected chi connectivity index (χ4v) is 5.94. The number of benzene rings is 1. The van der Waals surface area contributed by atoms with Gasteiger partial charge in [0.1, 0.15) is 0 Å². The van der Waals surface area contributed by atoms with E-state index in [-0.39, 0.29) is 29.4 Å². The highest BCUT2D eigenvalue weighted by Crippen LogP contribution is 2.51. The van der Waals surface area contributed by atoms with E-state index < -0.39 is 11.9 Å². The summed E-state index contributed by atoms with van der Waals surface area (Å²) in [4.78, 5) is 13.2. The van der Waals surface area contributed by atoms with Crippen molar-refractivity contribution in [1.82, 2.24) is 0 Å². The Labute approximate surface area is 154 Å². The molecule has 138 valence electrons. The molecule has 0 aromatic heterocycles. The molecule has 1 aromatic carbocycles. The maximum atomic E-state index is 12.1. The predicted octanol–water partition coefficient (Wildman–Crippen LogP) is 3.38. The lowest BCUT2D eigenvalue weighted by Crippen LogP contribution is -2.50. The summed E-state index contributed by atoms with van der Waals surface area (Å²) in [6.45, 7) is 2.16.